The number of aliphatic carboxylic acids is 1. The molecule has 6 nitrogen and oxygen atoms in total. The van der Waals surface area contributed by atoms with Gasteiger partial charge in [0.05, 0.1) is 0 Å². The van der Waals surface area contributed by atoms with Crippen LogP contribution >= 0.6 is 0 Å². The molecular formula is C15H27N3O3. The van der Waals surface area contributed by atoms with Crippen molar-refractivity contribution in [2.24, 2.45) is 0 Å². The lowest BCUT2D eigenvalue weighted by Gasteiger charge is -2.38. The van der Waals surface area contributed by atoms with Gasteiger partial charge in [-0.1, -0.05) is 19.8 Å². The summed E-state index contributed by atoms with van der Waals surface area (Å²) in [5, 5.41) is 9.37. The molecule has 21 heavy (non-hydrogen) atoms. The minimum atomic E-state index is -0.866. The number of nitrogens with zero attached hydrogens (tertiary/aromatic N) is 3. The smallest absolute Gasteiger partial charge is 0.326 e. The number of carbonyl (C=O) groups excluding carboxylic acids is 1. The number of carboxylic acids is 1. The van der Waals surface area contributed by atoms with Gasteiger partial charge in [0.1, 0.15) is 6.04 Å². The van der Waals surface area contributed by atoms with Crippen LogP contribution in [-0.2, 0) is 4.79 Å². The summed E-state index contributed by atoms with van der Waals surface area (Å²) in [6.45, 7) is 7.01. The van der Waals surface area contributed by atoms with Crippen LogP contribution < -0.4 is 0 Å². The van der Waals surface area contributed by atoms with Crippen molar-refractivity contribution in [2.75, 3.05) is 39.3 Å². The van der Waals surface area contributed by atoms with E-state index < -0.39 is 12.0 Å². The lowest BCUT2D eigenvalue weighted by Crippen LogP contribution is -2.56. The molecule has 1 unspecified atom stereocenters. The molecule has 1 N–H and O–H groups in total. The zero-order valence-electron chi connectivity index (χ0n) is 13.0. The minimum absolute atomic E-state index is 0.0829. The Morgan fingerprint density at radius 1 is 1.05 bits per heavy atom. The van der Waals surface area contributed by atoms with Crippen LogP contribution in [0.25, 0.3) is 0 Å². The van der Waals surface area contributed by atoms with Gasteiger partial charge in [0.2, 0.25) is 0 Å². The number of likely N-dealkylation sites (tertiary alicyclic amines) is 1. The predicted octanol–water partition coefficient (Wildman–Crippen LogP) is 1.46. The van der Waals surface area contributed by atoms with E-state index in [1.807, 2.05) is 4.90 Å². The molecule has 0 bridgehead atoms. The van der Waals surface area contributed by atoms with E-state index in [0.717, 1.165) is 45.3 Å². The van der Waals surface area contributed by atoms with E-state index in [9.17, 15) is 14.7 Å². The van der Waals surface area contributed by atoms with Gasteiger partial charge < -0.3 is 14.9 Å². The monoisotopic (exact) mass is 297 g/mol. The average Bonchev–Trinajstić information content (AvgIpc) is 2.73. The normalized spacial score (nSPS) is 24.7. The van der Waals surface area contributed by atoms with Crippen LogP contribution in [0.5, 0.6) is 0 Å². The fraction of sp³-hybridized carbons (Fsp3) is 0.867. The topological polar surface area (TPSA) is 64.1 Å². The second-order valence-corrected chi connectivity index (χ2v) is 6.01. The number of hydrogen-bond acceptors (Lipinski definition) is 3. The first-order chi connectivity index (χ1) is 10.1. The fourth-order valence-corrected chi connectivity index (χ4v) is 3.25. The number of rotatable bonds is 3. The van der Waals surface area contributed by atoms with Gasteiger partial charge in [0.15, 0.2) is 0 Å². The molecule has 0 radical (unpaired) electrons. The van der Waals surface area contributed by atoms with Crippen molar-refractivity contribution in [2.45, 2.75) is 45.1 Å². The molecule has 2 aliphatic heterocycles. The maximum Gasteiger partial charge on any atom is 0.326 e. The molecule has 0 aromatic heterocycles. The highest BCUT2D eigenvalue weighted by Crippen LogP contribution is 2.19. The van der Waals surface area contributed by atoms with Crippen LogP contribution in [0.1, 0.15) is 39.0 Å². The predicted molar refractivity (Wildman–Crippen MR) is 80.3 cm³/mol. The number of urea groups is 1. The van der Waals surface area contributed by atoms with Gasteiger partial charge in [-0.25, -0.2) is 9.59 Å². The van der Waals surface area contributed by atoms with Crippen molar-refractivity contribution in [1.29, 1.82) is 0 Å². The molecule has 2 saturated heterocycles. The summed E-state index contributed by atoms with van der Waals surface area (Å²) in [6, 6.07) is -0.728. The lowest BCUT2D eigenvalue weighted by molar-refractivity contribution is -0.142. The van der Waals surface area contributed by atoms with Crippen LogP contribution in [0, 0.1) is 0 Å². The Balaban J connectivity index is 1.96. The first-order valence-corrected chi connectivity index (χ1v) is 8.14. The molecule has 0 spiro atoms. The quantitative estimate of drug-likeness (QED) is 0.856. The SMILES string of the molecule is CCCN1CCN(C(=O)N2CCCCCC2C(=O)O)CC1. The van der Waals surface area contributed by atoms with Gasteiger partial charge in [-0.05, 0) is 25.8 Å². The molecule has 120 valence electrons. The van der Waals surface area contributed by atoms with Crippen LogP contribution in [0.15, 0.2) is 0 Å². The third kappa shape index (κ3) is 4.09. The van der Waals surface area contributed by atoms with E-state index in [2.05, 4.69) is 11.8 Å². The Morgan fingerprint density at radius 2 is 1.76 bits per heavy atom. The Hall–Kier alpha value is -1.30. The molecule has 2 rings (SSSR count). The molecule has 0 saturated carbocycles. The van der Waals surface area contributed by atoms with Crippen molar-refractivity contribution in [3.63, 3.8) is 0 Å². The van der Waals surface area contributed by atoms with Crippen LogP contribution in [0.3, 0.4) is 0 Å². The summed E-state index contributed by atoms with van der Waals surface area (Å²) in [5.74, 6) is -0.866. The summed E-state index contributed by atoms with van der Waals surface area (Å²) in [4.78, 5) is 29.9. The van der Waals surface area contributed by atoms with Crippen LogP contribution in [0.4, 0.5) is 4.79 Å². The van der Waals surface area contributed by atoms with Crippen molar-refractivity contribution >= 4 is 12.0 Å². The van der Waals surface area contributed by atoms with Crippen LogP contribution in [0.2, 0.25) is 0 Å². The first kappa shape index (κ1) is 16.1. The Labute approximate surface area is 126 Å². The van der Waals surface area contributed by atoms with Crippen molar-refractivity contribution in [1.82, 2.24) is 14.7 Å². The van der Waals surface area contributed by atoms with Gasteiger partial charge in [0, 0.05) is 32.7 Å². The maximum atomic E-state index is 12.7. The van der Waals surface area contributed by atoms with E-state index in [1.54, 1.807) is 4.90 Å². The van der Waals surface area contributed by atoms with E-state index in [4.69, 9.17) is 0 Å². The largest absolute Gasteiger partial charge is 0.480 e. The van der Waals surface area contributed by atoms with Crippen molar-refractivity contribution < 1.29 is 14.7 Å². The van der Waals surface area contributed by atoms with Gasteiger partial charge in [-0.3, -0.25) is 4.90 Å². The van der Waals surface area contributed by atoms with Gasteiger partial charge in [0.25, 0.3) is 0 Å². The summed E-state index contributed by atoms with van der Waals surface area (Å²) in [7, 11) is 0. The number of piperazine rings is 1. The highest BCUT2D eigenvalue weighted by Gasteiger charge is 2.34. The Bertz CT molecular complexity index is 367. The second-order valence-electron chi connectivity index (χ2n) is 6.01. The van der Waals surface area contributed by atoms with E-state index in [0.29, 0.717) is 26.1 Å². The number of amides is 2. The summed E-state index contributed by atoms with van der Waals surface area (Å²) < 4.78 is 0. The lowest BCUT2D eigenvalue weighted by atomic mass is 10.1. The third-order valence-corrected chi connectivity index (χ3v) is 4.47. The number of carboxylic acid groups (broad SMARTS) is 1. The van der Waals surface area contributed by atoms with Gasteiger partial charge in [-0.2, -0.15) is 0 Å². The molecule has 2 amide bonds. The standard InChI is InChI=1S/C15H27N3O3/c1-2-7-16-9-11-17(12-10-16)15(21)18-8-5-3-4-6-13(18)14(19)20/h13H,2-12H2,1H3,(H,19,20). The average molecular weight is 297 g/mol. The zero-order chi connectivity index (χ0) is 15.2. The Morgan fingerprint density at radius 3 is 2.38 bits per heavy atom. The maximum absolute atomic E-state index is 12.7. The van der Waals surface area contributed by atoms with Gasteiger partial charge in [-0.15, -0.1) is 0 Å². The number of carbonyl (C=O) groups is 2. The van der Waals surface area contributed by atoms with E-state index >= 15 is 0 Å². The summed E-state index contributed by atoms with van der Waals surface area (Å²) >= 11 is 0. The van der Waals surface area contributed by atoms with E-state index in [-0.39, 0.29) is 6.03 Å². The highest BCUT2D eigenvalue weighted by molar-refractivity contribution is 5.82. The molecular weight excluding hydrogens is 270 g/mol. The van der Waals surface area contributed by atoms with E-state index in [1.165, 1.54) is 0 Å². The Kier molecular flexibility index (Phi) is 5.85. The van der Waals surface area contributed by atoms with Gasteiger partial charge >= 0.3 is 12.0 Å². The molecule has 0 aliphatic carbocycles. The molecule has 0 aromatic carbocycles. The molecule has 2 fully saturated rings. The summed E-state index contributed by atoms with van der Waals surface area (Å²) in [6.07, 6.45) is 4.52. The summed E-state index contributed by atoms with van der Waals surface area (Å²) in [5.41, 5.74) is 0. The second kappa shape index (κ2) is 7.64. The fourth-order valence-electron chi connectivity index (χ4n) is 3.25. The molecule has 0 aromatic rings. The van der Waals surface area contributed by atoms with Crippen molar-refractivity contribution in [3.8, 4) is 0 Å². The zero-order valence-corrected chi connectivity index (χ0v) is 13.0. The van der Waals surface area contributed by atoms with Crippen molar-refractivity contribution in [3.05, 3.63) is 0 Å². The molecule has 6 heteroatoms. The third-order valence-electron chi connectivity index (χ3n) is 4.47. The first-order valence-electron chi connectivity index (χ1n) is 8.14. The van der Waals surface area contributed by atoms with Crippen LogP contribution in [-0.4, -0.2) is 77.1 Å². The molecule has 1 atom stereocenters. The molecule has 2 aliphatic rings. The molecule has 2 heterocycles. The highest BCUT2D eigenvalue weighted by atomic mass is 16.4. The number of hydrogen-bond donors (Lipinski definition) is 1. The minimum Gasteiger partial charge on any atom is -0.480 e.